The van der Waals surface area contributed by atoms with E-state index in [2.05, 4.69) is 36.1 Å². The second kappa shape index (κ2) is 5.46. The van der Waals surface area contributed by atoms with Crippen molar-refractivity contribution in [2.45, 2.75) is 32.3 Å². The molecule has 0 saturated heterocycles. The van der Waals surface area contributed by atoms with E-state index < -0.39 is 5.60 Å². The Balaban J connectivity index is 2.54. The van der Waals surface area contributed by atoms with E-state index in [0.29, 0.717) is 0 Å². The molecular formula is C14H23NO. The van der Waals surface area contributed by atoms with Crippen molar-refractivity contribution in [3.05, 3.63) is 35.4 Å². The molecule has 0 bridgehead atoms. The zero-order chi connectivity index (χ0) is 12.2. The van der Waals surface area contributed by atoms with Gasteiger partial charge in [0.2, 0.25) is 0 Å². The van der Waals surface area contributed by atoms with Crippen LogP contribution in [-0.2, 0) is 6.42 Å². The van der Waals surface area contributed by atoms with Crippen molar-refractivity contribution >= 4 is 0 Å². The van der Waals surface area contributed by atoms with E-state index in [0.717, 1.165) is 19.4 Å². The minimum Gasteiger partial charge on any atom is -0.390 e. The Morgan fingerprint density at radius 2 is 1.75 bits per heavy atom. The van der Waals surface area contributed by atoms with Crippen LogP contribution in [0.3, 0.4) is 0 Å². The maximum atomic E-state index is 10.3. The molecule has 0 heterocycles. The third kappa shape index (κ3) is 4.77. The average Bonchev–Trinajstić information content (AvgIpc) is 2.19. The van der Waals surface area contributed by atoms with Crippen LogP contribution in [0.15, 0.2) is 24.3 Å². The first kappa shape index (κ1) is 13.2. The predicted molar refractivity (Wildman–Crippen MR) is 68.7 cm³/mol. The first-order valence-corrected chi connectivity index (χ1v) is 5.82. The minimum absolute atomic E-state index is 0.612. The topological polar surface area (TPSA) is 23.5 Å². The third-order valence-corrected chi connectivity index (χ3v) is 2.80. The van der Waals surface area contributed by atoms with Gasteiger partial charge in [0.05, 0.1) is 5.60 Å². The van der Waals surface area contributed by atoms with Crippen molar-refractivity contribution in [2.75, 3.05) is 20.6 Å². The van der Waals surface area contributed by atoms with E-state index in [1.54, 1.807) is 0 Å². The van der Waals surface area contributed by atoms with E-state index in [1.165, 1.54) is 11.1 Å². The summed E-state index contributed by atoms with van der Waals surface area (Å²) in [6.07, 6.45) is 1.52. The fourth-order valence-corrected chi connectivity index (χ4v) is 1.70. The molecule has 1 aromatic carbocycles. The lowest BCUT2D eigenvalue weighted by Crippen LogP contribution is -2.31. The average molecular weight is 221 g/mol. The molecule has 0 aliphatic carbocycles. The smallest absolute Gasteiger partial charge is 0.0672 e. The first-order chi connectivity index (χ1) is 7.39. The maximum Gasteiger partial charge on any atom is 0.0672 e. The molecule has 0 radical (unpaired) electrons. The highest BCUT2D eigenvalue weighted by atomic mass is 16.3. The Kier molecular flexibility index (Phi) is 4.51. The van der Waals surface area contributed by atoms with E-state index in [1.807, 2.05) is 21.0 Å². The van der Waals surface area contributed by atoms with Gasteiger partial charge in [0.15, 0.2) is 0 Å². The Hall–Kier alpha value is -0.860. The van der Waals surface area contributed by atoms with Crippen LogP contribution >= 0.6 is 0 Å². The monoisotopic (exact) mass is 221 g/mol. The molecule has 1 aromatic rings. The van der Waals surface area contributed by atoms with Gasteiger partial charge in [0, 0.05) is 13.0 Å². The van der Waals surface area contributed by atoms with Crippen LogP contribution in [0.5, 0.6) is 0 Å². The highest BCUT2D eigenvalue weighted by molar-refractivity contribution is 5.22. The standard InChI is InChI=1S/C14H23NO/c1-12-5-7-13(8-6-12)11-14(2,16)9-10-15(3)4/h5-8,16H,9-11H2,1-4H3/t14-/m1/s1. The van der Waals surface area contributed by atoms with Crippen LogP contribution in [-0.4, -0.2) is 36.2 Å². The molecule has 2 nitrogen and oxygen atoms in total. The van der Waals surface area contributed by atoms with Gasteiger partial charge in [0.25, 0.3) is 0 Å². The van der Waals surface area contributed by atoms with Crippen molar-refractivity contribution in [1.29, 1.82) is 0 Å². The molecule has 0 amide bonds. The summed E-state index contributed by atoms with van der Waals surface area (Å²) >= 11 is 0. The molecule has 1 rings (SSSR count). The molecule has 0 saturated carbocycles. The minimum atomic E-state index is -0.612. The number of aryl methyl sites for hydroxylation is 1. The molecule has 0 spiro atoms. The molecule has 1 N–H and O–H groups in total. The molecule has 90 valence electrons. The van der Waals surface area contributed by atoms with Crippen LogP contribution in [0.2, 0.25) is 0 Å². The normalized spacial score (nSPS) is 15.1. The number of benzene rings is 1. The molecule has 1 atom stereocenters. The molecule has 2 heteroatoms. The molecule has 0 aromatic heterocycles. The van der Waals surface area contributed by atoms with Gasteiger partial charge < -0.3 is 10.0 Å². The van der Waals surface area contributed by atoms with Crippen LogP contribution in [0.1, 0.15) is 24.5 Å². The van der Waals surface area contributed by atoms with E-state index in [-0.39, 0.29) is 0 Å². The van der Waals surface area contributed by atoms with Crippen molar-refractivity contribution in [3.63, 3.8) is 0 Å². The van der Waals surface area contributed by atoms with Gasteiger partial charge in [-0.15, -0.1) is 0 Å². The summed E-state index contributed by atoms with van der Waals surface area (Å²) in [6.45, 7) is 4.91. The molecular weight excluding hydrogens is 198 g/mol. The fraction of sp³-hybridized carbons (Fsp3) is 0.571. The number of hydrogen-bond donors (Lipinski definition) is 1. The predicted octanol–water partition coefficient (Wildman–Crippen LogP) is 2.24. The van der Waals surface area contributed by atoms with Gasteiger partial charge in [0.1, 0.15) is 0 Å². The summed E-state index contributed by atoms with van der Waals surface area (Å²) in [5.74, 6) is 0. The van der Waals surface area contributed by atoms with Gasteiger partial charge in [-0.25, -0.2) is 0 Å². The lowest BCUT2D eigenvalue weighted by atomic mass is 9.93. The summed E-state index contributed by atoms with van der Waals surface area (Å²) in [7, 11) is 4.06. The van der Waals surface area contributed by atoms with Crippen LogP contribution < -0.4 is 0 Å². The second-order valence-electron chi connectivity index (χ2n) is 5.21. The SMILES string of the molecule is Cc1ccc(C[C@](C)(O)CCN(C)C)cc1. The van der Waals surface area contributed by atoms with Crippen LogP contribution in [0.4, 0.5) is 0 Å². The van der Waals surface area contributed by atoms with Gasteiger partial charge in [-0.2, -0.15) is 0 Å². The lowest BCUT2D eigenvalue weighted by molar-refractivity contribution is 0.0442. The summed E-state index contributed by atoms with van der Waals surface area (Å²) < 4.78 is 0. The largest absolute Gasteiger partial charge is 0.390 e. The number of rotatable bonds is 5. The Labute approximate surface area is 98.9 Å². The number of nitrogens with zero attached hydrogens (tertiary/aromatic N) is 1. The van der Waals surface area contributed by atoms with Crippen LogP contribution in [0.25, 0.3) is 0 Å². The highest BCUT2D eigenvalue weighted by Gasteiger charge is 2.20. The van der Waals surface area contributed by atoms with Gasteiger partial charge >= 0.3 is 0 Å². The van der Waals surface area contributed by atoms with Gasteiger partial charge in [-0.05, 0) is 39.9 Å². The third-order valence-electron chi connectivity index (χ3n) is 2.80. The summed E-state index contributed by atoms with van der Waals surface area (Å²) in [5.41, 5.74) is 1.85. The van der Waals surface area contributed by atoms with Crippen molar-refractivity contribution in [3.8, 4) is 0 Å². The van der Waals surface area contributed by atoms with Crippen molar-refractivity contribution < 1.29 is 5.11 Å². The molecule has 0 aliphatic heterocycles. The van der Waals surface area contributed by atoms with Gasteiger partial charge in [-0.1, -0.05) is 29.8 Å². The molecule has 0 fully saturated rings. The Morgan fingerprint density at radius 1 is 1.19 bits per heavy atom. The molecule has 16 heavy (non-hydrogen) atoms. The van der Waals surface area contributed by atoms with E-state index in [9.17, 15) is 5.11 Å². The Bertz CT molecular complexity index is 314. The summed E-state index contributed by atoms with van der Waals surface area (Å²) in [4.78, 5) is 2.10. The Morgan fingerprint density at radius 3 is 2.25 bits per heavy atom. The summed E-state index contributed by atoms with van der Waals surface area (Å²) in [6, 6.07) is 8.38. The zero-order valence-corrected chi connectivity index (χ0v) is 10.8. The molecule has 0 unspecified atom stereocenters. The zero-order valence-electron chi connectivity index (χ0n) is 10.8. The maximum absolute atomic E-state index is 10.3. The highest BCUT2D eigenvalue weighted by Crippen LogP contribution is 2.17. The van der Waals surface area contributed by atoms with Crippen LogP contribution in [0, 0.1) is 6.92 Å². The van der Waals surface area contributed by atoms with Crippen molar-refractivity contribution in [2.24, 2.45) is 0 Å². The quantitative estimate of drug-likeness (QED) is 0.824. The molecule has 0 aliphatic rings. The number of aliphatic hydroxyl groups is 1. The fourth-order valence-electron chi connectivity index (χ4n) is 1.70. The van der Waals surface area contributed by atoms with E-state index >= 15 is 0 Å². The second-order valence-corrected chi connectivity index (χ2v) is 5.21. The summed E-state index contributed by atoms with van der Waals surface area (Å²) in [5, 5.41) is 10.3. The first-order valence-electron chi connectivity index (χ1n) is 5.82. The lowest BCUT2D eigenvalue weighted by Gasteiger charge is -2.25. The number of hydrogen-bond acceptors (Lipinski definition) is 2. The van der Waals surface area contributed by atoms with Gasteiger partial charge in [-0.3, -0.25) is 0 Å². The van der Waals surface area contributed by atoms with E-state index in [4.69, 9.17) is 0 Å². The van der Waals surface area contributed by atoms with Crippen molar-refractivity contribution in [1.82, 2.24) is 4.90 Å².